The monoisotopic (exact) mass is 224 g/mol. The van der Waals surface area contributed by atoms with Crippen LogP contribution in [0.3, 0.4) is 0 Å². The average molecular weight is 224 g/mol. The molecule has 0 aromatic carbocycles. The highest BCUT2D eigenvalue weighted by molar-refractivity contribution is 4.97. The minimum Gasteiger partial charge on any atom is -0.390 e. The number of nitrogens with zero attached hydrogens (tertiary/aromatic N) is 2. The minimum atomic E-state index is -0.675. The molecule has 4 heteroatoms. The molecule has 1 aliphatic carbocycles. The first-order valence-corrected chi connectivity index (χ1v) is 6.08. The average Bonchev–Trinajstić information content (AvgIpc) is 3.03. The molecule has 90 valence electrons. The molecule has 0 amide bonds. The van der Waals surface area contributed by atoms with E-state index in [1.54, 1.807) is 6.20 Å². The zero-order chi connectivity index (χ0) is 11.5. The zero-order valence-corrected chi connectivity index (χ0v) is 9.71. The van der Waals surface area contributed by atoms with Crippen molar-refractivity contribution in [2.24, 2.45) is 5.92 Å². The summed E-state index contributed by atoms with van der Waals surface area (Å²) < 4.78 is 2.04. The number of aromatic nitrogens is 2. The number of hydrogen-bond acceptors (Lipinski definition) is 3. The van der Waals surface area contributed by atoms with Gasteiger partial charge in [-0.25, -0.2) is 4.98 Å². The maximum atomic E-state index is 9.89. The Bertz CT molecular complexity index is 334. The van der Waals surface area contributed by atoms with Crippen LogP contribution >= 0.6 is 0 Å². The normalized spacial score (nSPS) is 19.7. The van der Waals surface area contributed by atoms with Crippen LogP contribution in [0.1, 0.15) is 32.0 Å². The van der Waals surface area contributed by atoms with E-state index in [1.807, 2.05) is 10.8 Å². The van der Waals surface area contributed by atoms with Crippen molar-refractivity contribution in [1.82, 2.24) is 9.55 Å². The summed E-state index contributed by atoms with van der Waals surface area (Å²) in [5.41, 5.74) is 0. The van der Waals surface area contributed by atoms with Gasteiger partial charge in [-0.15, -0.1) is 0 Å². The van der Waals surface area contributed by atoms with Gasteiger partial charge >= 0.3 is 0 Å². The topological polar surface area (TPSA) is 58.3 Å². The molecule has 2 rings (SSSR count). The van der Waals surface area contributed by atoms with Crippen LogP contribution in [0, 0.1) is 5.92 Å². The second kappa shape index (κ2) is 4.97. The third-order valence-electron chi connectivity index (χ3n) is 3.16. The first-order chi connectivity index (χ1) is 7.72. The van der Waals surface area contributed by atoms with Crippen LogP contribution in [0.2, 0.25) is 0 Å². The van der Waals surface area contributed by atoms with Crippen LogP contribution in [0.25, 0.3) is 0 Å². The summed E-state index contributed by atoms with van der Waals surface area (Å²) in [5.74, 6) is 1.18. The molecular weight excluding hydrogens is 204 g/mol. The van der Waals surface area contributed by atoms with E-state index in [0.29, 0.717) is 12.3 Å². The number of rotatable bonds is 6. The third kappa shape index (κ3) is 2.62. The molecule has 1 aromatic heterocycles. The van der Waals surface area contributed by atoms with Crippen LogP contribution in [0.15, 0.2) is 12.4 Å². The Hall–Kier alpha value is -0.870. The van der Waals surface area contributed by atoms with E-state index in [9.17, 15) is 10.2 Å². The Morgan fingerprint density at radius 2 is 2.25 bits per heavy atom. The highest BCUT2D eigenvalue weighted by Crippen LogP contribution is 2.34. The molecular formula is C12H20N2O2. The molecule has 0 saturated heterocycles. The molecule has 0 bridgehead atoms. The van der Waals surface area contributed by atoms with Gasteiger partial charge in [-0.1, -0.05) is 6.92 Å². The Kier molecular flexibility index (Phi) is 3.61. The quantitative estimate of drug-likeness (QED) is 0.757. The molecule has 0 spiro atoms. The van der Waals surface area contributed by atoms with Crippen molar-refractivity contribution in [3.8, 4) is 0 Å². The number of imidazole rings is 1. The van der Waals surface area contributed by atoms with Crippen molar-refractivity contribution in [1.29, 1.82) is 0 Å². The number of hydrogen-bond donors (Lipinski definition) is 2. The Morgan fingerprint density at radius 1 is 1.50 bits per heavy atom. The lowest BCUT2D eigenvalue weighted by Gasteiger charge is -2.17. The molecule has 1 heterocycles. The van der Waals surface area contributed by atoms with Crippen LogP contribution in [-0.4, -0.2) is 32.0 Å². The molecule has 16 heavy (non-hydrogen) atoms. The summed E-state index contributed by atoms with van der Waals surface area (Å²) in [6, 6.07) is 0. The van der Waals surface area contributed by atoms with Gasteiger partial charge in [0.2, 0.25) is 0 Å². The fourth-order valence-electron chi connectivity index (χ4n) is 2.03. The minimum absolute atomic E-state index is 0.310. The Labute approximate surface area is 95.9 Å². The summed E-state index contributed by atoms with van der Waals surface area (Å²) in [4.78, 5) is 4.23. The van der Waals surface area contributed by atoms with Gasteiger partial charge in [0.05, 0.1) is 12.2 Å². The van der Waals surface area contributed by atoms with Crippen molar-refractivity contribution >= 4 is 0 Å². The molecule has 1 aliphatic rings. The highest BCUT2D eigenvalue weighted by atomic mass is 16.3. The van der Waals surface area contributed by atoms with Crippen LogP contribution in [0.5, 0.6) is 0 Å². The zero-order valence-electron chi connectivity index (χ0n) is 9.71. The lowest BCUT2D eigenvalue weighted by atomic mass is 10.1. The predicted molar refractivity (Wildman–Crippen MR) is 61.0 cm³/mol. The first kappa shape index (κ1) is 11.6. The standard InChI is InChI=1S/C12H20N2O2/c1-2-6-14-7-5-13-11(14)8-10(15)12(16)9-3-4-9/h5,7,9-10,12,15-16H,2-4,6,8H2,1H3. The van der Waals surface area contributed by atoms with Gasteiger partial charge in [0.1, 0.15) is 5.82 Å². The van der Waals surface area contributed by atoms with E-state index < -0.39 is 12.2 Å². The van der Waals surface area contributed by atoms with Crippen molar-refractivity contribution < 1.29 is 10.2 Å². The summed E-state index contributed by atoms with van der Waals surface area (Å²) in [7, 11) is 0. The van der Waals surface area contributed by atoms with Crippen molar-refractivity contribution in [2.75, 3.05) is 0 Å². The van der Waals surface area contributed by atoms with E-state index in [1.165, 1.54) is 0 Å². The lowest BCUT2D eigenvalue weighted by Crippen LogP contribution is -2.30. The smallest absolute Gasteiger partial charge is 0.111 e. The third-order valence-corrected chi connectivity index (χ3v) is 3.16. The van der Waals surface area contributed by atoms with Gasteiger partial charge in [0, 0.05) is 25.4 Å². The van der Waals surface area contributed by atoms with Gasteiger partial charge < -0.3 is 14.8 Å². The van der Waals surface area contributed by atoms with Crippen LogP contribution in [0.4, 0.5) is 0 Å². The largest absolute Gasteiger partial charge is 0.390 e. The fourth-order valence-corrected chi connectivity index (χ4v) is 2.03. The number of aryl methyl sites for hydroxylation is 1. The van der Waals surface area contributed by atoms with Gasteiger partial charge in [0.15, 0.2) is 0 Å². The summed E-state index contributed by atoms with van der Waals surface area (Å²) in [5, 5.41) is 19.7. The highest BCUT2D eigenvalue weighted by Gasteiger charge is 2.34. The predicted octanol–water partition coefficient (Wildman–Crippen LogP) is 0.967. The molecule has 2 atom stereocenters. The summed E-state index contributed by atoms with van der Waals surface area (Å²) in [6.07, 6.45) is 6.01. The first-order valence-electron chi connectivity index (χ1n) is 6.08. The number of aliphatic hydroxyl groups is 2. The Morgan fingerprint density at radius 3 is 2.88 bits per heavy atom. The molecule has 1 fully saturated rings. The summed E-state index contributed by atoms with van der Waals surface area (Å²) in [6.45, 7) is 3.03. The molecule has 4 nitrogen and oxygen atoms in total. The SMILES string of the molecule is CCCn1ccnc1CC(O)C(O)C1CC1. The van der Waals surface area contributed by atoms with Gasteiger partial charge in [-0.2, -0.15) is 0 Å². The van der Waals surface area contributed by atoms with Crippen LogP contribution < -0.4 is 0 Å². The van der Waals surface area contributed by atoms with Gasteiger partial charge in [-0.05, 0) is 25.2 Å². The van der Waals surface area contributed by atoms with E-state index in [4.69, 9.17) is 0 Å². The number of aliphatic hydroxyl groups excluding tert-OH is 2. The molecule has 1 aromatic rings. The molecule has 0 aliphatic heterocycles. The molecule has 2 N–H and O–H groups in total. The van der Waals surface area contributed by atoms with E-state index >= 15 is 0 Å². The second-order valence-corrected chi connectivity index (χ2v) is 4.64. The molecule has 1 saturated carbocycles. The maximum absolute atomic E-state index is 9.89. The summed E-state index contributed by atoms with van der Waals surface area (Å²) >= 11 is 0. The van der Waals surface area contributed by atoms with Crippen LogP contribution in [-0.2, 0) is 13.0 Å². The van der Waals surface area contributed by atoms with Gasteiger partial charge in [-0.3, -0.25) is 0 Å². The van der Waals surface area contributed by atoms with E-state index in [-0.39, 0.29) is 0 Å². The second-order valence-electron chi connectivity index (χ2n) is 4.64. The van der Waals surface area contributed by atoms with E-state index in [0.717, 1.165) is 31.6 Å². The molecule has 2 unspecified atom stereocenters. The van der Waals surface area contributed by atoms with Crippen molar-refractivity contribution in [3.05, 3.63) is 18.2 Å². The Balaban J connectivity index is 1.93. The van der Waals surface area contributed by atoms with Crippen molar-refractivity contribution in [2.45, 2.75) is 51.4 Å². The molecule has 0 radical (unpaired) electrons. The van der Waals surface area contributed by atoms with Crippen molar-refractivity contribution in [3.63, 3.8) is 0 Å². The van der Waals surface area contributed by atoms with Gasteiger partial charge in [0.25, 0.3) is 0 Å². The van der Waals surface area contributed by atoms with E-state index in [2.05, 4.69) is 11.9 Å². The maximum Gasteiger partial charge on any atom is 0.111 e. The fraction of sp³-hybridized carbons (Fsp3) is 0.750. The lowest BCUT2D eigenvalue weighted by molar-refractivity contribution is 0.00524.